The molecule has 1 aromatic rings. The van der Waals surface area contributed by atoms with Crippen molar-refractivity contribution in [1.29, 1.82) is 0 Å². The fourth-order valence-corrected chi connectivity index (χ4v) is 2.86. The van der Waals surface area contributed by atoms with Gasteiger partial charge in [-0.1, -0.05) is 42.1 Å². The Morgan fingerprint density at radius 3 is 2.37 bits per heavy atom. The number of hydrogen-bond acceptors (Lipinski definition) is 2. The molecule has 2 rings (SSSR count). The van der Waals surface area contributed by atoms with E-state index < -0.39 is 6.10 Å². The van der Waals surface area contributed by atoms with E-state index in [4.69, 9.17) is 23.2 Å². The molecule has 1 aliphatic heterocycles. The highest BCUT2D eigenvalue weighted by Gasteiger charge is 2.13. The zero-order valence-corrected chi connectivity index (χ0v) is 12.6. The van der Waals surface area contributed by atoms with E-state index >= 15 is 0 Å². The molecule has 0 bridgehead atoms. The molecule has 0 amide bonds. The van der Waals surface area contributed by atoms with E-state index in [9.17, 15) is 5.11 Å². The van der Waals surface area contributed by atoms with Crippen LogP contribution in [0.25, 0.3) is 0 Å². The lowest BCUT2D eigenvalue weighted by Crippen LogP contribution is -2.26. The fraction of sp³-hybridized carbons (Fsp3) is 0.600. The van der Waals surface area contributed by atoms with Crippen molar-refractivity contribution in [3.63, 3.8) is 0 Å². The van der Waals surface area contributed by atoms with Gasteiger partial charge in [0.2, 0.25) is 0 Å². The van der Waals surface area contributed by atoms with E-state index in [1.54, 1.807) is 12.1 Å². The van der Waals surface area contributed by atoms with Crippen LogP contribution in [0.2, 0.25) is 10.0 Å². The first kappa shape index (κ1) is 15.1. The maximum atomic E-state index is 10.2. The molecule has 1 aromatic carbocycles. The van der Waals surface area contributed by atoms with E-state index in [0.29, 0.717) is 10.0 Å². The first-order valence-corrected chi connectivity index (χ1v) is 7.78. The summed E-state index contributed by atoms with van der Waals surface area (Å²) in [5.41, 5.74) is 0.851. The van der Waals surface area contributed by atoms with Gasteiger partial charge in [0.05, 0.1) is 16.1 Å². The minimum Gasteiger partial charge on any atom is -0.388 e. The monoisotopic (exact) mass is 301 g/mol. The molecule has 19 heavy (non-hydrogen) atoms. The van der Waals surface area contributed by atoms with Crippen LogP contribution >= 0.6 is 23.2 Å². The van der Waals surface area contributed by atoms with Crippen molar-refractivity contribution >= 4 is 23.2 Å². The molecule has 0 aromatic heterocycles. The first-order chi connectivity index (χ1) is 9.16. The van der Waals surface area contributed by atoms with Crippen LogP contribution in [0.1, 0.15) is 43.8 Å². The summed E-state index contributed by atoms with van der Waals surface area (Å²) in [6.45, 7) is 3.27. The predicted molar refractivity (Wildman–Crippen MR) is 80.9 cm³/mol. The van der Waals surface area contributed by atoms with Crippen LogP contribution in [0.15, 0.2) is 18.2 Å². The van der Waals surface area contributed by atoms with Gasteiger partial charge in [-0.2, -0.15) is 0 Å². The molecule has 106 valence electrons. The van der Waals surface area contributed by atoms with E-state index in [0.717, 1.165) is 31.6 Å². The number of halogens is 2. The Bertz CT molecular complexity index is 403. The quantitative estimate of drug-likeness (QED) is 0.896. The van der Waals surface area contributed by atoms with Gasteiger partial charge in [0, 0.05) is 6.54 Å². The molecular formula is C15H21Cl2NO. The van der Waals surface area contributed by atoms with Gasteiger partial charge < -0.3 is 10.0 Å². The summed E-state index contributed by atoms with van der Waals surface area (Å²) in [6.07, 6.45) is 5.53. The van der Waals surface area contributed by atoms with Crippen LogP contribution in [0.4, 0.5) is 0 Å². The molecule has 1 atom stereocenters. The Kier molecular flexibility index (Phi) is 5.96. The highest BCUT2D eigenvalue weighted by Crippen LogP contribution is 2.27. The van der Waals surface area contributed by atoms with Crippen molar-refractivity contribution in [2.45, 2.75) is 38.2 Å². The topological polar surface area (TPSA) is 23.5 Å². The molecule has 1 N–H and O–H groups in total. The van der Waals surface area contributed by atoms with Crippen LogP contribution in [-0.4, -0.2) is 29.6 Å². The number of benzene rings is 1. The van der Waals surface area contributed by atoms with Crippen LogP contribution < -0.4 is 0 Å². The minimum absolute atomic E-state index is 0.460. The van der Waals surface area contributed by atoms with Gasteiger partial charge >= 0.3 is 0 Å². The van der Waals surface area contributed by atoms with Gasteiger partial charge in [0.15, 0.2) is 0 Å². The average Bonchev–Trinajstić information content (AvgIpc) is 2.67. The summed E-state index contributed by atoms with van der Waals surface area (Å²) in [5.74, 6) is 0. The zero-order valence-electron chi connectivity index (χ0n) is 11.1. The largest absolute Gasteiger partial charge is 0.388 e. The third kappa shape index (κ3) is 4.64. The van der Waals surface area contributed by atoms with Gasteiger partial charge in [-0.25, -0.2) is 0 Å². The maximum absolute atomic E-state index is 10.2. The predicted octanol–water partition coefficient (Wildman–Crippen LogP) is 4.29. The summed E-state index contributed by atoms with van der Waals surface area (Å²) in [6, 6.07) is 5.35. The summed E-state index contributed by atoms with van der Waals surface area (Å²) in [4.78, 5) is 2.45. The Labute approximate surface area is 125 Å². The normalized spacial score (nSPS) is 19.1. The van der Waals surface area contributed by atoms with Gasteiger partial charge in [0.25, 0.3) is 0 Å². The molecule has 1 heterocycles. The van der Waals surface area contributed by atoms with Crippen LogP contribution in [0, 0.1) is 0 Å². The Hall–Kier alpha value is -0.280. The van der Waals surface area contributed by atoms with Crippen molar-refractivity contribution in [3.05, 3.63) is 33.8 Å². The summed E-state index contributed by atoms with van der Waals surface area (Å²) >= 11 is 11.9. The maximum Gasteiger partial charge on any atom is 0.0802 e. The highest BCUT2D eigenvalue weighted by molar-refractivity contribution is 6.42. The van der Waals surface area contributed by atoms with Crippen molar-refractivity contribution in [2.24, 2.45) is 0 Å². The Morgan fingerprint density at radius 2 is 1.74 bits per heavy atom. The molecule has 1 unspecified atom stereocenters. The molecule has 0 saturated carbocycles. The standard InChI is InChI=1S/C15H21Cl2NO/c16-13-6-5-12(11-14(13)17)15(19)7-10-18-8-3-1-2-4-9-18/h5-6,11,15,19H,1-4,7-10H2. The smallest absolute Gasteiger partial charge is 0.0802 e. The van der Waals surface area contributed by atoms with Crippen molar-refractivity contribution in [2.75, 3.05) is 19.6 Å². The van der Waals surface area contributed by atoms with Crippen LogP contribution in [-0.2, 0) is 0 Å². The van der Waals surface area contributed by atoms with Crippen LogP contribution in [0.5, 0.6) is 0 Å². The van der Waals surface area contributed by atoms with Gasteiger partial charge in [-0.3, -0.25) is 0 Å². The number of nitrogens with zero attached hydrogens (tertiary/aromatic N) is 1. The second-order valence-electron chi connectivity index (χ2n) is 5.23. The number of aliphatic hydroxyl groups excluding tert-OH is 1. The second-order valence-corrected chi connectivity index (χ2v) is 6.05. The molecule has 1 fully saturated rings. The SMILES string of the molecule is OC(CCN1CCCCCC1)c1ccc(Cl)c(Cl)c1. The molecule has 1 saturated heterocycles. The van der Waals surface area contributed by atoms with E-state index in [2.05, 4.69) is 4.90 Å². The number of hydrogen-bond donors (Lipinski definition) is 1. The lowest BCUT2D eigenvalue weighted by atomic mass is 10.1. The van der Waals surface area contributed by atoms with E-state index in [1.807, 2.05) is 6.07 Å². The van der Waals surface area contributed by atoms with Crippen LogP contribution in [0.3, 0.4) is 0 Å². The molecule has 0 spiro atoms. The Balaban J connectivity index is 1.85. The van der Waals surface area contributed by atoms with Gasteiger partial charge in [0.1, 0.15) is 0 Å². The molecule has 2 nitrogen and oxygen atoms in total. The lowest BCUT2D eigenvalue weighted by Gasteiger charge is -2.21. The first-order valence-electron chi connectivity index (χ1n) is 7.02. The summed E-state index contributed by atoms with van der Waals surface area (Å²) in [7, 11) is 0. The van der Waals surface area contributed by atoms with Gasteiger partial charge in [-0.05, 0) is 50.0 Å². The lowest BCUT2D eigenvalue weighted by molar-refractivity contribution is 0.143. The summed E-state index contributed by atoms with van der Waals surface area (Å²) in [5, 5.41) is 11.2. The van der Waals surface area contributed by atoms with E-state index in [1.165, 1.54) is 25.7 Å². The second kappa shape index (κ2) is 7.49. The van der Waals surface area contributed by atoms with Crippen molar-refractivity contribution < 1.29 is 5.11 Å². The van der Waals surface area contributed by atoms with Gasteiger partial charge in [-0.15, -0.1) is 0 Å². The molecule has 1 aliphatic rings. The summed E-state index contributed by atoms with van der Waals surface area (Å²) < 4.78 is 0. The van der Waals surface area contributed by atoms with Crippen molar-refractivity contribution in [1.82, 2.24) is 4.90 Å². The fourth-order valence-electron chi connectivity index (χ4n) is 2.55. The molecule has 0 aliphatic carbocycles. The number of likely N-dealkylation sites (tertiary alicyclic amines) is 1. The Morgan fingerprint density at radius 1 is 1.05 bits per heavy atom. The highest BCUT2D eigenvalue weighted by atomic mass is 35.5. The third-order valence-electron chi connectivity index (χ3n) is 3.75. The third-order valence-corrected chi connectivity index (χ3v) is 4.48. The number of rotatable bonds is 4. The number of aliphatic hydroxyl groups is 1. The molecular weight excluding hydrogens is 281 g/mol. The molecule has 0 radical (unpaired) electrons. The van der Waals surface area contributed by atoms with E-state index in [-0.39, 0.29) is 0 Å². The average molecular weight is 302 g/mol. The zero-order chi connectivity index (χ0) is 13.7. The minimum atomic E-state index is -0.460. The molecule has 4 heteroatoms. The van der Waals surface area contributed by atoms with Crippen molar-refractivity contribution in [3.8, 4) is 0 Å².